The molecule has 0 heterocycles. The zero-order valence-electron chi connectivity index (χ0n) is 8.69. The van der Waals surface area contributed by atoms with Gasteiger partial charge < -0.3 is 20.4 Å². The molecule has 0 amide bonds. The van der Waals surface area contributed by atoms with E-state index >= 15 is 0 Å². The molecular weight excluding hydrogens is 272 g/mol. The van der Waals surface area contributed by atoms with E-state index in [1.54, 1.807) is 0 Å². The van der Waals surface area contributed by atoms with Crippen molar-refractivity contribution in [1.29, 1.82) is 0 Å². The molecule has 0 radical (unpaired) electrons. The van der Waals surface area contributed by atoms with Crippen LogP contribution in [0.5, 0.6) is 0 Å². The summed E-state index contributed by atoms with van der Waals surface area (Å²) in [4.78, 5) is 44.1. The Hall–Kier alpha value is -2.09. The first kappa shape index (κ1) is 15.9. The van der Waals surface area contributed by atoms with E-state index in [2.05, 4.69) is 0 Å². The molecule has 9 heteroatoms. The molecule has 1 aliphatic carbocycles. The third kappa shape index (κ3) is 1.53. The van der Waals surface area contributed by atoms with Crippen LogP contribution < -0.4 is 0 Å². The van der Waals surface area contributed by atoms with Gasteiger partial charge in [0.15, 0.2) is 5.41 Å². The summed E-state index contributed by atoms with van der Waals surface area (Å²) in [5.74, 6) is -8.05. The summed E-state index contributed by atoms with van der Waals surface area (Å²) >= 11 is 0. The van der Waals surface area contributed by atoms with Gasteiger partial charge in [0.25, 0.3) is 0 Å². The lowest BCUT2D eigenvalue weighted by atomic mass is 9.65. The van der Waals surface area contributed by atoms with Gasteiger partial charge in [0.2, 0.25) is 5.41 Å². The summed E-state index contributed by atoms with van der Waals surface area (Å²) in [5.41, 5.74) is -5.92. The van der Waals surface area contributed by atoms with E-state index < -0.39 is 41.1 Å². The van der Waals surface area contributed by atoms with Crippen LogP contribution in [0, 0.1) is 10.8 Å². The molecule has 8 nitrogen and oxygen atoms in total. The number of aliphatic carboxylic acids is 4. The lowest BCUT2D eigenvalue weighted by Crippen LogP contribution is -2.58. The number of hydrogen-bond donors (Lipinski definition) is 4. The van der Waals surface area contributed by atoms with Gasteiger partial charge in [-0.25, -0.2) is 0 Å². The van der Waals surface area contributed by atoms with Gasteiger partial charge in [-0.2, -0.15) is 0 Å². The predicted molar refractivity (Wildman–Crippen MR) is 56.4 cm³/mol. The second-order valence-corrected chi connectivity index (χ2v) is 3.54. The largest absolute Gasteiger partial charge is 0.480 e. The van der Waals surface area contributed by atoms with Crippen LogP contribution >= 0.6 is 12.4 Å². The predicted octanol–water partition coefficient (Wildman–Crippen LogP) is -0.321. The minimum Gasteiger partial charge on any atom is -0.480 e. The highest BCUT2D eigenvalue weighted by molar-refractivity contribution is 6.15. The van der Waals surface area contributed by atoms with Crippen molar-refractivity contribution in [2.45, 2.75) is 6.42 Å². The van der Waals surface area contributed by atoms with Crippen molar-refractivity contribution in [2.75, 3.05) is 0 Å². The van der Waals surface area contributed by atoms with E-state index in [1.807, 2.05) is 0 Å². The Morgan fingerprint density at radius 3 is 1.44 bits per heavy atom. The van der Waals surface area contributed by atoms with Gasteiger partial charge in [0.1, 0.15) is 0 Å². The highest BCUT2D eigenvalue weighted by Crippen LogP contribution is 2.50. The first-order valence-corrected chi connectivity index (χ1v) is 4.34. The second kappa shape index (κ2) is 4.65. The van der Waals surface area contributed by atoms with Crippen molar-refractivity contribution < 1.29 is 39.6 Å². The average Bonchev–Trinajstić information content (AvgIpc) is 2.58. The van der Waals surface area contributed by atoms with Crippen LogP contribution in [0.1, 0.15) is 6.42 Å². The van der Waals surface area contributed by atoms with E-state index in [0.717, 1.165) is 6.08 Å². The summed E-state index contributed by atoms with van der Waals surface area (Å²) in [6.45, 7) is 0. The van der Waals surface area contributed by atoms with Crippen molar-refractivity contribution >= 4 is 36.3 Å². The Kier molecular flexibility index (Phi) is 4.11. The summed E-state index contributed by atoms with van der Waals surface area (Å²) < 4.78 is 0. The number of carboxylic acids is 4. The van der Waals surface area contributed by atoms with E-state index in [4.69, 9.17) is 20.4 Å². The van der Waals surface area contributed by atoms with Gasteiger partial charge >= 0.3 is 23.9 Å². The van der Waals surface area contributed by atoms with Gasteiger partial charge in [0, 0.05) is 0 Å². The number of carbonyl (C=O) groups is 4. The van der Waals surface area contributed by atoms with Crippen molar-refractivity contribution in [1.82, 2.24) is 0 Å². The van der Waals surface area contributed by atoms with Gasteiger partial charge in [-0.3, -0.25) is 19.2 Å². The average molecular weight is 281 g/mol. The van der Waals surface area contributed by atoms with Crippen LogP contribution in [-0.2, 0) is 19.2 Å². The molecule has 100 valence electrons. The Balaban J connectivity index is 0.00000289. The van der Waals surface area contributed by atoms with E-state index in [9.17, 15) is 19.2 Å². The van der Waals surface area contributed by atoms with Crippen LogP contribution in [0.2, 0.25) is 0 Å². The van der Waals surface area contributed by atoms with Crippen LogP contribution in [0.3, 0.4) is 0 Å². The third-order valence-electron chi connectivity index (χ3n) is 2.87. The van der Waals surface area contributed by atoms with Crippen molar-refractivity contribution in [3.8, 4) is 0 Å². The molecule has 0 saturated heterocycles. The molecule has 0 bridgehead atoms. The summed E-state index contributed by atoms with van der Waals surface area (Å²) in [7, 11) is 0. The molecule has 1 rings (SSSR count). The number of carboxylic acid groups (broad SMARTS) is 4. The monoisotopic (exact) mass is 280 g/mol. The Morgan fingerprint density at radius 2 is 1.22 bits per heavy atom. The highest BCUT2D eigenvalue weighted by Gasteiger charge is 2.72. The van der Waals surface area contributed by atoms with Crippen molar-refractivity contribution in [3.63, 3.8) is 0 Å². The Morgan fingerprint density at radius 1 is 0.833 bits per heavy atom. The van der Waals surface area contributed by atoms with E-state index in [1.165, 1.54) is 0 Å². The lowest BCUT2D eigenvalue weighted by Gasteiger charge is -2.32. The van der Waals surface area contributed by atoms with E-state index in [0.29, 0.717) is 6.08 Å². The molecule has 0 unspecified atom stereocenters. The Bertz CT molecular complexity index is 423. The fourth-order valence-electron chi connectivity index (χ4n) is 1.92. The molecule has 0 aromatic rings. The topological polar surface area (TPSA) is 149 Å². The summed E-state index contributed by atoms with van der Waals surface area (Å²) in [5, 5.41) is 35.7. The second-order valence-electron chi connectivity index (χ2n) is 3.54. The molecule has 0 fully saturated rings. The molecule has 1 aliphatic rings. The standard InChI is InChI=1S/C9H8O8.ClH/c10-4(11)8(5(12)13)2-1-3-9(8,6(14)15)7(16)17;/h1-2H,3H2,(H,10,11)(H,12,13)(H,14,15)(H,16,17);1H. The zero-order valence-corrected chi connectivity index (χ0v) is 9.51. The number of halogens is 1. The highest BCUT2D eigenvalue weighted by atomic mass is 35.5. The maximum absolute atomic E-state index is 11.0. The van der Waals surface area contributed by atoms with Crippen LogP contribution in [0.4, 0.5) is 0 Å². The van der Waals surface area contributed by atoms with Gasteiger partial charge in [-0.05, 0) is 6.42 Å². The maximum atomic E-state index is 11.0. The molecule has 0 atom stereocenters. The van der Waals surface area contributed by atoms with Crippen LogP contribution in [0.25, 0.3) is 0 Å². The number of allylic oxidation sites excluding steroid dienone is 1. The smallest absolute Gasteiger partial charge is 0.326 e. The molecule has 4 N–H and O–H groups in total. The fraction of sp³-hybridized carbons (Fsp3) is 0.333. The fourth-order valence-corrected chi connectivity index (χ4v) is 1.92. The van der Waals surface area contributed by atoms with Gasteiger partial charge in [0.05, 0.1) is 0 Å². The maximum Gasteiger partial charge on any atom is 0.326 e. The minimum atomic E-state index is -3.00. The number of hydrogen-bond acceptors (Lipinski definition) is 4. The lowest BCUT2D eigenvalue weighted by molar-refractivity contribution is -0.188. The SMILES string of the molecule is Cl.O=C(O)C1(C(=O)O)C=CCC1(C(=O)O)C(=O)O. The minimum absolute atomic E-state index is 0. The quantitative estimate of drug-likeness (QED) is 0.404. The molecule has 0 spiro atoms. The summed E-state index contributed by atoms with van der Waals surface area (Å²) in [6.07, 6.45) is 0.834. The van der Waals surface area contributed by atoms with Gasteiger partial charge in [-0.15, -0.1) is 12.4 Å². The van der Waals surface area contributed by atoms with Crippen molar-refractivity contribution in [3.05, 3.63) is 12.2 Å². The van der Waals surface area contributed by atoms with Crippen LogP contribution in [0.15, 0.2) is 12.2 Å². The van der Waals surface area contributed by atoms with Crippen LogP contribution in [-0.4, -0.2) is 44.3 Å². The zero-order chi connectivity index (χ0) is 13.4. The Labute approximate surface area is 106 Å². The van der Waals surface area contributed by atoms with E-state index in [-0.39, 0.29) is 12.4 Å². The molecular formula is C9H9ClO8. The molecule has 0 aliphatic heterocycles. The molecule has 18 heavy (non-hydrogen) atoms. The summed E-state index contributed by atoms with van der Waals surface area (Å²) in [6, 6.07) is 0. The first-order valence-electron chi connectivity index (χ1n) is 4.34. The molecule has 0 saturated carbocycles. The van der Waals surface area contributed by atoms with Gasteiger partial charge in [-0.1, -0.05) is 12.2 Å². The third-order valence-corrected chi connectivity index (χ3v) is 2.87. The first-order chi connectivity index (χ1) is 7.73. The van der Waals surface area contributed by atoms with Crippen molar-refractivity contribution in [2.24, 2.45) is 10.8 Å². The molecule has 0 aromatic heterocycles. The molecule has 0 aromatic carbocycles. The number of rotatable bonds is 4. The normalized spacial score (nSPS) is 18.7.